The quantitative estimate of drug-likeness (QED) is 0.0293. The molecule has 1 aromatic carbocycles. The van der Waals surface area contributed by atoms with Gasteiger partial charge in [0.15, 0.2) is 0 Å². The highest BCUT2D eigenvalue weighted by atomic mass is 32.2. The van der Waals surface area contributed by atoms with Crippen LogP contribution in [0.1, 0.15) is 96.0 Å². The number of carboxylic acids is 1. The summed E-state index contributed by atoms with van der Waals surface area (Å²) < 4.78 is 0. The number of primary amides is 1. The summed E-state index contributed by atoms with van der Waals surface area (Å²) >= 11 is 1.44. The molecule has 1 aromatic rings. The molecule has 0 saturated carbocycles. The summed E-state index contributed by atoms with van der Waals surface area (Å²) in [5, 5.41) is 30.6. The monoisotopic (exact) mass is 1120 g/mol. The average molecular weight is 1120 g/mol. The molecule has 78 heavy (non-hydrogen) atoms. The van der Waals surface area contributed by atoms with Crippen LogP contribution < -0.4 is 71.2 Å². The van der Waals surface area contributed by atoms with Gasteiger partial charge in [0.05, 0.1) is 12.6 Å². The topological polar surface area (TPSA) is 441 Å². The first-order chi connectivity index (χ1) is 37.3. The number of amides is 11. The highest BCUT2D eigenvalue weighted by Crippen LogP contribution is 2.20. The third-order valence-electron chi connectivity index (χ3n) is 13.3. The van der Waals surface area contributed by atoms with E-state index in [-0.39, 0.29) is 84.1 Å². The number of carbonyl (C=O) groups excluding carboxylic acids is 10. The third kappa shape index (κ3) is 22.0. The lowest BCUT2D eigenvalue weighted by Crippen LogP contribution is -2.60. The van der Waals surface area contributed by atoms with E-state index >= 15 is 0 Å². The summed E-state index contributed by atoms with van der Waals surface area (Å²) in [5.74, 6) is -6.89. The first-order valence-electron chi connectivity index (χ1n) is 26.6. The fourth-order valence-electron chi connectivity index (χ4n) is 9.03. The van der Waals surface area contributed by atoms with Crippen molar-refractivity contribution in [2.75, 3.05) is 57.8 Å². The number of thioether (sulfide) groups is 1. The number of urea groups is 1. The molecule has 2 heterocycles. The lowest BCUT2D eigenvalue weighted by molar-refractivity contribution is -0.149. The SMILES string of the molecule is CSCC[C@H](NC(=O)[C@@H](N)CCCNC(N)=O)C(=O)N[C@@H](Cc1ccccc1)C(=O)NCC(=O)N1CCCC[C@H]1C(=O)N[C@@H](CCN)C(=O)N[C@@H](CCN)C(=O)N[C@@H](CCCCN)C(=O)N[C@@H](C)C(=O)N1CCC[C@H]1C(=O)O. The Kier molecular flexibility index (Phi) is 29.5. The summed E-state index contributed by atoms with van der Waals surface area (Å²) in [5.41, 5.74) is 29.3. The van der Waals surface area contributed by atoms with Crippen molar-refractivity contribution >= 4 is 76.9 Å². The van der Waals surface area contributed by atoms with Gasteiger partial charge >= 0.3 is 12.0 Å². The van der Waals surface area contributed by atoms with Crippen LogP contribution in [0.3, 0.4) is 0 Å². The minimum atomic E-state index is -1.30. The highest BCUT2D eigenvalue weighted by molar-refractivity contribution is 7.98. The van der Waals surface area contributed by atoms with Gasteiger partial charge < -0.3 is 86.1 Å². The van der Waals surface area contributed by atoms with Crippen LogP contribution >= 0.6 is 11.8 Å². The number of rotatable bonds is 34. The number of nitrogens with zero attached hydrogens (tertiary/aromatic N) is 2. The standard InChI is InChI=1S/C50H83N15O12S/c1-30(48(74)65-26-11-17-39(65)49(75)76)58-43(69)33(15-6-8-21-51)60-44(70)34(18-22-52)61-45(71)35(19-23-53)62-47(73)38-16-7-9-25-64(38)40(66)29-57-42(68)37(28-31-12-4-3-5-13-31)63-46(72)36(20-27-78-2)59-41(67)32(54)14-10-24-56-50(55)77/h3-5,12-13,30,32-39H,6-11,14-29,51-54H2,1-2H3,(H,57,68)(H,58,69)(H,59,67)(H,60,70)(H,61,71)(H,62,73)(H,63,72)(H,75,76)(H3,55,56,77)/t30-,32-,33-,34-,35-,36-,37-,38-,39-/m0/s1. The number of unbranched alkanes of at least 4 members (excludes halogenated alkanes) is 1. The van der Waals surface area contributed by atoms with Gasteiger partial charge in [-0.25, -0.2) is 9.59 Å². The lowest BCUT2D eigenvalue weighted by atomic mass is 10.00. The number of benzene rings is 1. The Hall–Kier alpha value is -6.62. The molecule has 2 aliphatic rings. The van der Waals surface area contributed by atoms with Crippen molar-refractivity contribution in [2.24, 2.45) is 28.7 Å². The Balaban J connectivity index is 1.71. The van der Waals surface area contributed by atoms with E-state index in [1.807, 2.05) is 6.26 Å². The fraction of sp³-hybridized carbons (Fsp3) is 0.660. The zero-order valence-electron chi connectivity index (χ0n) is 44.8. The van der Waals surface area contributed by atoms with Crippen molar-refractivity contribution < 1.29 is 57.8 Å². The zero-order chi connectivity index (χ0) is 57.7. The maximum absolute atomic E-state index is 14.1. The molecule has 2 fully saturated rings. The fourth-order valence-corrected chi connectivity index (χ4v) is 9.50. The molecule has 19 N–H and O–H groups in total. The Bertz CT molecular complexity index is 2180. The Morgan fingerprint density at radius 3 is 1.78 bits per heavy atom. The molecular formula is C50H83N15O12S. The second-order valence-electron chi connectivity index (χ2n) is 19.3. The minimum absolute atomic E-state index is 0.0122. The second kappa shape index (κ2) is 35.0. The van der Waals surface area contributed by atoms with E-state index in [0.717, 1.165) is 0 Å². The van der Waals surface area contributed by atoms with Crippen LogP contribution in [-0.2, 0) is 54.4 Å². The predicted octanol–water partition coefficient (Wildman–Crippen LogP) is -3.91. The van der Waals surface area contributed by atoms with Crippen molar-refractivity contribution in [1.82, 2.24) is 52.3 Å². The molecule has 0 aliphatic carbocycles. The van der Waals surface area contributed by atoms with Gasteiger partial charge in [-0.3, -0.25) is 43.2 Å². The van der Waals surface area contributed by atoms with Crippen molar-refractivity contribution in [3.8, 4) is 0 Å². The van der Waals surface area contributed by atoms with Gasteiger partial charge in [0.25, 0.3) is 0 Å². The van der Waals surface area contributed by atoms with Gasteiger partial charge in [-0.2, -0.15) is 11.8 Å². The number of hydrogen-bond donors (Lipinski definition) is 14. The maximum atomic E-state index is 14.1. The van der Waals surface area contributed by atoms with E-state index in [9.17, 15) is 57.8 Å². The Morgan fingerprint density at radius 1 is 0.615 bits per heavy atom. The number of nitrogens with two attached hydrogens (primary N) is 5. The second-order valence-corrected chi connectivity index (χ2v) is 20.3. The first-order valence-corrected chi connectivity index (χ1v) is 28.0. The molecule has 0 aromatic heterocycles. The maximum Gasteiger partial charge on any atom is 0.326 e. The smallest absolute Gasteiger partial charge is 0.326 e. The van der Waals surface area contributed by atoms with Gasteiger partial charge in [-0.05, 0) is 128 Å². The van der Waals surface area contributed by atoms with Crippen LogP contribution in [0.4, 0.5) is 4.79 Å². The molecule has 27 nitrogen and oxygen atoms in total. The number of likely N-dealkylation sites (tertiary alicyclic amines) is 2. The molecule has 3 rings (SSSR count). The number of piperidine rings is 1. The van der Waals surface area contributed by atoms with Gasteiger partial charge in [0.2, 0.25) is 53.2 Å². The van der Waals surface area contributed by atoms with Crippen molar-refractivity contribution in [3.63, 3.8) is 0 Å². The van der Waals surface area contributed by atoms with E-state index in [4.69, 9.17) is 28.7 Å². The predicted molar refractivity (Wildman–Crippen MR) is 290 cm³/mol. The molecule has 9 atom stereocenters. The van der Waals surface area contributed by atoms with Crippen LogP contribution in [0.5, 0.6) is 0 Å². The molecule has 28 heteroatoms. The van der Waals surface area contributed by atoms with Gasteiger partial charge in [0.1, 0.15) is 48.3 Å². The zero-order valence-corrected chi connectivity index (χ0v) is 45.6. The number of carboxylic acid groups (broad SMARTS) is 1. The molecule has 2 aliphatic heterocycles. The number of aliphatic carboxylic acids is 1. The van der Waals surface area contributed by atoms with Crippen LogP contribution in [0.25, 0.3) is 0 Å². The minimum Gasteiger partial charge on any atom is -0.480 e. The van der Waals surface area contributed by atoms with Crippen LogP contribution in [0, 0.1) is 0 Å². The van der Waals surface area contributed by atoms with Gasteiger partial charge in [-0.15, -0.1) is 0 Å². The largest absolute Gasteiger partial charge is 0.480 e. The van der Waals surface area contributed by atoms with Crippen molar-refractivity contribution in [3.05, 3.63) is 35.9 Å². The van der Waals surface area contributed by atoms with E-state index in [2.05, 4.69) is 42.5 Å². The molecule has 0 spiro atoms. The first kappa shape index (κ1) is 65.7. The molecule has 0 radical (unpaired) electrons. The third-order valence-corrected chi connectivity index (χ3v) is 14.0. The Labute approximate surface area is 459 Å². The average Bonchev–Trinajstić information content (AvgIpc) is 3.93. The van der Waals surface area contributed by atoms with Gasteiger partial charge in [0, 0.05) is 26.1 Å². The highest BCUT2D eigenvalue weighted by Gasteiger charge is 2.39. The number of hydrogen-bond acceptors (Lipinski definition) is 16. The summed E-state index contributed by atoms with van der Waals surface area (Å²) in [6, 6.07) is -2.23. The summed E-state index contributed by atoms with van der Waals surface area (Å²) in [6.07, 6.45) is 5.46. The van der Waals surface area contributed by atoms with Crippen molar-refractivity contribution in [2.45, 2.75) is 151 Å². The van der Waals surface area contributed by atoms with Crippen LogP contribution in [0.2, 0.25) is 0 Å². The van der Waals surface area contributed by atoms with Crippen molar-refractivity contribution in [1.29, 1.82) is 0 Å². The normalized spacial score (nSPS) is 17.8. The molecule has 436 valence electrons. The number of carbonyl (C=O) groups is 11. The van der Waals surface area contributed by atoms with E-state index in [0.29, 0.717) is 56.4 Å². The van der Waals surface area contributed by atoms with Crippen LogP contribution in [0.15, 0.2) is 30.3 Å². The summed E-state index contributed by atoms with van der Waals surface area (Å²) in [6.45, 7) is 1.54. The molecule has 0 unspecified atom stereocenters. The van der Waals surface area contributed by atoms with Crippen LogP contribution in [-0.4, -0.2) is 192 Å². The molecule has 11 amide bonds. The van der Waals surface area contributed by atoms with E-state index in [1.165, 1.54) is 28.5 Å². The summed E-state index contributed by atoms with van der Waals surface area (Å²) in [4.78, 5) is 149. The Morgan fingerprint density at radius 2 is 1.18 bits per heavy atom. The molecule has 0 bridgehead atoms. The summed E-state index contributed by atoms with van der Waals surface area (Å²) in [7, 11) is 0. The van der Waals surface area contributed by atoms with E-state index in [1.54, 1.807) is 30.3 Å². The lowest BCUT2D eigenvalue weighted by Gasteiger charge is -2.36. The van der Waals surface area contributed by atoms with Gasteiger partial charge in [-0.1, -0.05) is 30.3 Å². The molecular weight excluding hydrogens is 1030 g/mol. The molecule has 2 saturated heterocycles. The van der Waals surface area contributed by atoms with E-state index < -0.39 is 126 Å². The number of nitrogens with one attached hydrogen (secondary N) is 8.